The Morgan fingerprint density at radius 1 is 1.37 bits per heavy atom. The predicted octanol–water partition coefficient (Wildman–Crippen LogP) is 2.96. The smallest absolute Gasteiger partial charge is 0.326 e. The fourth-order valence-corrected chi connectivity index (χ4v) is 2.09. The number of hydrogen-bond acceptors (Lipinski definition) is 2. The normalized spacial score (nSPS) is 14.0. The number of alkyl halides is 3. The highest BCUT2D eigenvalue weighted by molar-refractivity contribution is 5.82. The zero-order valence-electron chi connectivity index (χ0n) is 10.8. The molecule has 0 saturated heterocycles. The number of nitrogens with zero attached hydrogens (tertiary/aromatic N) is 2. The summed E-state index contributed by atoms with van der Waals surface area (Å²) in [6.45, 7) is 4.13. The Balaban J connectivity index is 2.61. The fraction of sp³-hybridized carbons (Fsp3) is 0.462. The molecular formula is C13H16F3N3. The molecule has 0 unspecified atom stereocenters. The number of hydrogen-bond donors (Lipinski definition) is 1. The first-order valence-electron chi connectivity index (χ1n) is 6.15. The number of rotatable bonds is 3. The monoisotopic (exact) mass is 271 g/mol. The minimum Gasteiger partial charge on any atom is -0.326 e. The molecule has 6 heteroatoms. The lowest BCUT2D eigenvalue weighted by Crippen LogP contribution is -2.22. The largest absolute Gasteiger partial charge is 0.416 e. The minimum atomic E-state index is -4.34. The van der Waals surface area contributed by atoms with Crippen LogP contribution in [0.3, 0.4) is 0 Å². The molecule has 2 rings (SSSR count). The summed E-state index contributed by atoms with van der Waals surface area (Å²) in [5, 5.41) is 5.10. The van der Waals surface area contributed by atoms with Crippen molar-refractivity contribution in [3.05, 3.63) is 29.5 Å². The van der Waals surface area contributed by atoms with E-state index in [2.05, 4.69) is 5.10 Å². The summed E-state index contributed by atoms with van der Waals surface area (Å²) in [6, 6.07) is 3.56. The molecule has 1 aromatic carbocycles. The number of aromatic nitrogens is 2. The molecule has 0 aliphatic rings. The third-order valence-electron chi connectivity index (χ3n) is 2.95. The van der Waals surface area contributed by atoms with Crippen molar-refractivity contribution in [2.45, 2.75) is 39.0 Å². The molecule has 1 heterocycles. The van der Waals surface area contributed by atoms with Crippen LogP contribution in [-0.2, 0) is 19.1 Å². The van der Waals surface area contributed by atoms with E-state index < -0.39 is 11.7 Å². The summed E-state index contributed by atoms with van der Waals surface area (Å²) >= 11 is 0. The van der Waals surface area contributed by atoms with Crippen LogP contribution in [0.5, 0.6) is 0 Å². The summed E-state index contributed by atoms with van der Waals surface area (Å²) < 4.78 is 39.8. The highest BCUT2D eigenvalue weighted by atomic mass is 19.4. The number of halogens is 3. The molecule has 0 bridgehead atoms. The molecule has 3 nitrogen and oxygen atoms in total. The standard InChI is InChI=1S/C13H16F3N3/c1-3-11-10-5-4-9(13(14,15)16)6-12(10)19(18-11)7-8(2)17/h4-6,8H,3,7,17H2,1-2H3/t8-/m0/s1. The van der Waals surface area contributed by atoms with Crippen molar-refractivity contribution >= 4 is 10.9 Å². The van der Waals surface area contributed by atoms with E-state index in [1.165, 1.54) is 6.07 Å². The zero-order valence-corrected chi connectivity index (χ0v) is 10.8. The van der Waals surface area contributed by atoms with Crippen molar-refractivity contribution in [3.8, 4) is 0 Å². The maximum Gasteiger partial charge on any atom is 0.416 e. The molecule has 0 amide bonds. The van der Waals surface area contributed by atoms with Gasteiger partial charge in [0.25, 0.3) is 0 Å². The lowest BCUT2D eigenvalue weighted by Gasteiger charge is -2.09. The Labute approximate surface area is 109 Å². The second kappa shape index (κ2) is 4.85. The second-order valence-corrected chi connectivity index (χ2v) is 4.69. The van der Waals surface area contributed by atoms with Gasteiger partial charge >= 0.3 is 6.18 Å². The van der Waals surface area contributed by atoms with E-state index in [1.54, 1.807) is 11.6 Å². The van der Waals surface area contributed by atoms with Crippen molar-refractivity contribution in [2.75, 3.05) is 0 Å². The molecule has 0 radical (unpaired) electrons. The molecule has 0 aliphatic carbocycles. The Morgan fingerprint density at radius 2 is 2.05 bits per heavy atom. The molecular weight excluding hydrogens is 255 g/mol. The van der Waals surface area contributed by atoms with Crippen LogP contribution in [-0.4, -0.2) is 15.8 Å². The van der Waals surface area contributed by atoms with Crippen LogP contribution in [0.4, 0.5) is 13.2 Å². The Hall–Kier alpha value is -1.56. The summed E-state index contributed by atoms with van der Waals surface area (Å²) in [5.41, 5.74) is 6.33. The Bertz CT molecular complexity index is 585. The quantitative estimate of drug-likeness (QED) is 0.932. The van der Waals surface area contributed by atoms with E-state index in [1.807, 2.05) is 6.92 Å². The van der Waals surface area contributed by atoms with Crippen LogP contribution in [0.1, 0.15) is 25.1 Å². The molecule has 2 N–H and O–H groups in total. The number of aryl methyl sites for hydroxylation is 1. The molecule has 1 aromatic heterocycles. The zero-order chi connectivity index (χ0) is 14.2. The number of nitrogens with two attached hydrogens (primary N) is 1. The average Bonchev–Trinajstić information content (AvgIpc) is 2.65. The first kappa shape index (κ1) is 13.9. The van der Waals surface area contributed by atoms with Crippen molar-refractivity contribution in [3.63, 3.8) is 0 Å². The van der Waals surface area contributed by atoms with Gasteiger partial charge in [-0.25, -0.2) is 0 Å². The van der Waals surface area contributed by atoms with Crippen LogP contribution in [0, 0.1) is 0 Å². The van der Waals surface area contributed by atoms with Gasteiger partial charge in [0.05, 0.1) is 23.3 Å². The fourth-order valence-electron chi connectivity index (χ4n) is 2.09. The summed E-state index contributed by atoms with van der Waals surface area (Å²) in [6.07, 6.45) is -3.67. The molecule has 0 aliphatic heterocycles. The number of benzene rings is 1. The SMILES string of the molecule is CCc1nn(C[C@H](C)N)c2cc(C(F)(F)F)ccc12. The highest BCUT2D eigenvalue weighted by Crippen LogP contribution is 2.32. The van der Waals surface area contributed by atoms with E-state index >= 15 is 0 Å². The van der Waals surface area contributed by atoms with Gasteiger partial charge in [-0.3, -0.25) is 4.68 Å². The first-order valence-corrected chi connectivity index (χ1v) is 6.15. The predicted molar refractivity (Wildman–Crippen MR) is 67.8 cm³/mol. The van der Waals surface area contributed by atoms with Crippen molar-refractivity contribution < 1.29 is 13.2 Å². The topological polar surface area (TPSA) is 43.8 Å². The molecule has 19 heavy (non-hydrogen) atoms. The van der Waals surface area contributed by atoms with E-state index in [9.17, 15) is 13.2 Å². The van der Waals surface area contributed by atoms with E-state index in [4.69, 9.17) is 5.73 Å². The van der Waals surface area contributed by atoms with Gasteiger partial charge in [-0.1, -0.05) is 13.0 Å². The van der Waals surface area contributed by atoms with Gasteiger partial charge in [0, 0.05) is 11.4 Å². The molecule has 2 aromatic rings. The van der Waals surface area contributed by atoms with E-state index in [0.717, 1.165) is 23.2 Å². The summed E-state index contributed by atoms with van der Waals surface area (Å²) in [7, 11) is 0. The van der Waals surface area contributed by atoms with E-state index in [0.29, 0.717) is 18.5 Å². The second-order valence-electron chi connectivity index (χ2n) is 4.69. The minimum absolute atomic E-state index is 0.164. The van der Waals surface area contributed by atoms with Gasteiger partial charge in [-0.15, -0.1) is 0 Å². The lowest BCUT2D eigenvalue weighted by atomic mass is 10.1. The van der Waals surface area contributed by atoms with Gasteiger partial charge in [0.15, 0.2) is 0 Å². The third-order valence-corrected chi connectivity index (χ3v) is 2.95. The Morgan fingerprint density at radius 3 is 2.58 bits per heavy atom. The molecule has 0 fully saturated rings. The summed E-state index contributed by atoms with van der Waals surface area (Å²) in [5.74, 6) is 0. The van der Waals surface area contributed by atoms with Gasteiger partial charge in [-0.2, -0.15) is 18.3 Å². The van der Waals surface area contributed by atoms with Crippen LogP contribution in [0.15, 0.2) is 18.2 Å². The van der Waals surface area contributed by atoms with Gasteiger partial charge in [0.1, 0.15) is 0 Å². The van der Waals surface area contributed by atoms with Crippen LogP contribution >= 0.6 is 0 Å². The molecule has 1 atom stereocenters. The van der Waals surface area contributed by atoms with Gasteiger partial charge in [0.2, 0.25) is 0 Å². The highest BCUT2D eigenvalue weighted by Gasteiger charge is 2.31. The van der Waals surface area contributed by atoms with Crippen molar-refractivity contribution in [1.82, 2.24) is 9.78 Å². The van der Waals surface area contributed by atoms with Gasteiger partial charge in [-0.05, 0) is 25.5 Å². The first-order chi connectivity index (χ1) is 8.82. The third kappa shape index (κ3) is 2.73. The molecule has 0 spiro atoms. The van der Waals surface area contributed by atoms with Crippen molar-refractivity contribution in [1.29, 1.82) is 0 Å². The van der Waals surface area contributed by atoms with E-state index in [-0.39, 0.29) is 6.04 Å². The van der Waals surface area contributed by atoms with Crippen LogP contribution in [0.25, 0.3) is 10.9 Å². The number of fused-ring (bicyclic) bond motifs is 1. The van der Waals surface area contributed by atoms with Gasteiger partial charge < -0.3 is 5.73 Å². The van der Waals surface area contributed by atoms with Crippen molar-refractivity contribution in [2.24, 2.45) is 5.73 Å². The van der Waals surface area contributed by atoms with Crippen LogP contribution in [0.2, 0.25) is 0 Å². The van der Waals surface area contributed by atoms with Crippen LogP contribution < -0.4 is 5.73 Å². The Kier molecular flexibility index (Phi) is 3.54. The average molecular weight is 271 g/mol. The molecule has 104 valence electrons. The lowest BCUT2D eigenvalue weighted by molar-refractivity contribution is -0.137. The summed E-state index contributed by atoms with van der Waals surface area (Å²) in [4.78, 5) is 0. The molecule has 0 saturated carbocycles. The maximum atomic E-state index is 12.7. The maximum absolute atomic E-state index is 12.7.